The predicted octanol–water partition coefficient (Wildman–Crippen LogP) is -0.258. The zero-order valence-electron chi connectivity index (χ0n) is 19.1. The van der Waals surface area contributed by atoms with Crippen molar-refractivity contribution in [2.24, 2.45) is 11.8 Å². The lowest BCUT2D eigenvalue weighted by molar-refractivity contribution is -0.141. The fraction of sp³-hybridized carbons (Fsp3) is 0.682. The largest absolute Gasteiger partial charge is 0.483 e. The van der Waals surface area contributed by atoms with Crippen molar-refractivity contribution in [2.75, 3.05) is 46.1 Å². The Hall–Kier alpha value is -2.79. The molecule has 3 saturated heterocycles. The normalized spacial score (nSPS) is 23.2. The van der Waals surface area contributed by atoms with Crippen LogP contribution >= 0.6 is 0 Å². The SMILES string of the molecule is Cc1nc(C)c(CC(=O)N2C[C@H]3COC[C@@H]2CN(C(=O)C2CCOCC2)C3)c(=O)[nH]1.O=CO. The molecule has 2 bridgehead atoms. The average Bonchev–Trinajstić information content (AvgIpc) is 3.08. The maximum atomic E-state index is 13.2. The number of ether oxygens (including phenoxy) is 2. The molecule has 3 fully saturated rings. The number of nitrogens with zero attached hydrogens (tertiary/aromatic N) is 3. The summed E-state index contributed by atoms with van der Waals surface area (Å²) in [6.07, 6.45) is 1.52. The Bertz CT molecular complexity index is 912. The molecule has 2 amide bonds. The average molecular weight is 465 g/mol. The Morgan fingerprint density at radius 1 is 1.15 bits per heavy atom. The summed E-state index contributed by atoms with van der Waals surface area (Å²) >= 11 is 0. The summed E-state index contributed by atoms with van der Waals surface area (Å²) < 4.78 is 11.2. The number of rotatable bonds is 3. The summed E-state index contributed by atoms with van der Waals surface area (Å²) in [7, 11) is 0. The molecular formula is C22H32N4O7. The van der Waals surface area contributed by atoms with Crippen LogP contribution in [0, 0.1) is 25.7 Å². The van der Waals surface area contributed by atoms with Gasteiger partial charge in [0.05, 0.1) is 25.7 Å². The Morgan fingerprint density at radius 3 is 2.52 bits per heavy atom. The van der Waals surface area contributed by atoms with Crippen LogP contribution in [-0.2, 0) is 30.3 Å². The van der Waals surface area contributed by atoms with E-state index in [2.05, 4.69) is 9.97 Å². The van der Waals surface area contributed by atoms with Crippen LogP contribution in [0.15, 0.2) is 4.79 Å². The van der Waals surface area contributed by atoms with E-state index in [0.29, 0.717) is 63.1 Å². The van der Waals surface area contributed by atoms with Gasteiger partial charge in [-0.2, -0.15) is 0 Å². The molecule has 1 aromatic rings. The van der Waals surface area contributed by atoms with E-state index in [1.807, 2.05) is 9.80 Å². The molecule has 182 valence electrons. The Kier molecular flexibility index (Phi) is 8.56. The van der Waals surface area contributed by atoms with E-state index in [0.717, 1.165) is 12.8 Å². The molecule has 0 aliphatic carbocycles. The van der Waals surface area contributed by atoms with Crippen LogP contribution in [0.2, 0.25) is 0 Å². The van der Waals surface area contributed by atoms with Crippen molar-refractivity contribution < 1.29 is 29.0 Å². The predicted molar refractivity (Wildman–Crippen MR) is 117 cm³/mol. The van der Waals surface area contributed by atoms with Gasteiger partial charge in [-0.1, -0.05) is 0 Å². The molecule has 11 nitrogen and oxygen atoms in total. The van der Waals surface area contributed by atoms with E-state index in [9.17, 15) is 14.4 Å². The zero-order chi connectivity index (χ0) is 24.0. The van der Waals surface area contributed by atoms with Gasteiger partial charge in [-0.3, -0.25) is 19.2 Å². The summed E-state index contributed by atoms with van der Waals surface area (Å²) in [6.45, 7) is 7.03. The highest BCUT2D eigenvalue weighted by Crippen LogP contribution is 2.24. The van der Waals surface area contributed by atoms with Crippen molar-refractivity contribution in [1.29, 1.82) is 0 Å². The van der Waals surface area contributed by atoms with Crippen LogP contribution in [-0.4, -0.2) is 95.3 Å². The van der Waals surface area contributed by atoms with Crippen LogP contribution in [0.5, 0.6) is 0 Å². The second-order valence-electron chi connectivity index (χ2n) is 8.73. The monoisotopic (exact) mass is 464 g/mol. The number of fused-ring (bicyclic) bond motifs is 3. The number of hydrogen-bond acceptors (Lipinski definition) is 7. The van der Waals surface area contributed by atoms with Gasteiger partial charge in [-0.05, 0) is 26.7 Å². The number of nitrogens with one attached hydrogen (secondary N) is 1. The van der Waals surface area contributed by atoms with Gasteiger partial charge in [0.25, 0.3) is 12.0 Å². The first kappa shape index (κ1) is 24.8. The van der Waals surface area contributed by atoms with E-state index >= 15 is 0 Å². The number of carboxylic acid groups (broad SMARTS) is 1. The molecule has 0 spiro atoms. The number of hydrogen-bond donors (Lipinski definition) is 2. The minimum atomic E-state index is -0.265. The number of amides is 2. The van der Waals surface area contributed by atoms with E-state index < -0.39 is 0 Å². The molecular weight excluding hydrogens is 432 g/mol. The maximum absolute atomic E-state index is 13.2. The van der Waals surface area contributed by atoms with Crippen LogP contribution in [0.1, 0.15) is 29.9 Å². The standard InChI is InChI=1S/C21H30N4O5.CH2O2/c1-13-18(20(27)23-14(2)22-13)7-19(26)25-9-15-8-24(10-17(25)12-30-11-15)21(28)16-3-5-29-6-4-16;2-1-3/h15-17H,3-12H2,1-2H3,(H,22,23,27);1H,(H,2,3)/t15-,17-;/m0./s1. The number of aromatic amines is 1. The quantitative estimate of drug-likeness (QED) is 0.583. The minimum Gasteiger partial charge on any atom is -0.483 e. The van der Waals surface area contributed by atoms with Gasteiger partial charge in [0.2, 0.25) is 11.8 Å². The molecule has 4 heterocycles. The lowest BCUT2D eigenvalue weighted by atomic mass is 9.98. The molecule has 33 heavy (non-hydrogen) atoms. The van der Waals surface area contributed by atoms with Crippen molar-refractivity contribution in [3.8, 4) is 0 Å². The van der Waals surface area contributed by atoms with Crippen molar-refractivity contribution in [3.63, 3.8) is 0 Å². The highest BCUT2D eigenvalue weighted by Gasteiger charge is 2.39. The third-order valence-corrected chi connectivity index (χ3v) is 6.34. The third kappa shape index (κ3) is 6.17. The van der Waals surface area contributed by atoms with E-state index in [1.165, 1.54) is 0 Å². The maximum Gasteiger partial charge on any atom is 0.290 e. The van der Waals surface area contributed by atoms with Crippen molar-refractivity contribution in [3.05, 3.63) is 27.4 Å². The van der Waals surface area contributed by atoms with Gasteiger partial charge < -0.3 is 29.4 Å². The van der Waals surface area contributed by atoms with Crippen LogP contribution in [0.25, 0.3) is 0 Å². The number of aryl methyl sites for hydroxylation is 2. The number of aromatic nitrogens is 2. The topological polar surface area (TPSA) is 142 Å². The molecule has 11 heteroatoms. The molecule has 3 aliphatic heterocycles. The fourth-order valence-corrected chi connectivity index (χ4v) is 4.74. The van der Waals surface area contributed by atoms with Crippen LogP contribution in [0.3, 0.4) is 0 Å². The Balaban J connectivity index is 0.000000968. The molecule has 0 saturated carbocycles. The molecule has 1 aromatic heterocycles. The fourth-order valence-electron chi connectivity index (χ4n) is 4.74. The van der Waals surface area contributed by atoms with Crippen LogP contribution in [0.4, 0.5) is 0 Å². The molecule has 2 N–H and O–H groups in total. The second-order valence-corrected chi connectivity index (χ2v) is 8.73. The van der Waals surface area contributed by atoms with Gasteiger partial charge in [0, 0.05) is 55.9 Å². The number of carbonyl (C=O) groups excluding carboxylic acids is 2. The molecule has 2 atom stereocenters. The van der Waals surface area contributed by atoms with Gasteiger partial charge in [-0.25, -0.2) is 4.98 Å². The second kappa shape index (κ2) is 11.4. The minimum absolute atomic E-state index is 0.00230. The summed E-state index contributed by atoms with van der Waals surface area (Å²) in [5, 5.41) is 6.89. The number of H-pyrrole nitrogens is 1. The van der Waals surface area contributed by atoms with Gasteiger partial charge in [0.1, 0.15) is 5.82 Å². The lowest BCUT2D eigenvalue weighted by Gasteiger charge is -2.34. The van der Waals surface area contributed by atoms with Gasteiger partial charge in [0.15, 0.2) is 0 Å². The summed E-state index contributed by atoms with van der Waals surface area (Å²) in [4.78, 5) is 57.7. The smallest absolute Gasteiger partial charge is 0.290 e. The van der Waals surface area contributed by atoms with E-state index in [-0.39, 0.29) is 48.1 Å². The first-order valence-electron chi connectivity index (χ1n) is 11.2. The number of carbonyl (C=O) groups is 3. The Labute approximate surface area is 192 Å². The molecule has 3 aliphatic rings. The Morgan fingerprint density at radius 2 is 1.85 bits per heavy atom. The van der Waals surface area contributed by atoms with E-state index in [1.54, 1.807) is 13.8 Å². The summed E-state index contributed by atoms with van der Waals surface area (Å²) in [5.74, 6) is 0.660. The van der Waals surface area contributed by atoms with Crippen molar-refractivity contribution >= 4 is 18.3 Å². The van der Waals surface area contributed by atoms with Crippen LogP contribution < -0.4 is 5.56 Å². The zero-order valence-corrected chi connectivity index (χ0v) is 19.1. The first-order chi connectivity index (χ1) is 15.8. The van der Waals surface area contributed by atoms with Crippen molar-refractivity contribution in [2.45, 2.75) is 39.2 Å². The molecule has 4 rings (SSSR count). The molecule has 0 aromatic carbocycles. The van der Waals surface area contributed by atoms with E-state index in [4.69, 9.17) is 19.4 Å². The lowest BCUT2D eigenvalue weighted by Crippen LogP contribution is -2.49. The third-order valence-electron chi connectivity index (χ3n) is 6.34. The summed E-state index contributed by atoms with van der Waals surface area (Å²) in [5.41, 5.74) is 0.717. The molecule has 0 unspecified atom stereocenters. The molecule has 0 radical (unpaired) electrons. The van der Waals surface area contributed by atoms with Gasteiger partial charge >= 0.3 is 0 Å². The van der Waals surface area contributed by atoms with Gasteiger partial charge in [-0.15, -0.1) is 0 Å². The highest BCUT2D eigenvalue weighted by molar-refractivity contribution is 5.81. The van der Waals surface area contributed by atoms with Crippen molar-refractivity contribution in [1.82, 2.24) is 19.8 Å². The first-order valence-corrected chi connectivity index (χ1v) is 11.2. The summed E-state index contributed by atoms with van der Waals surface area (Å²) in [6, 6.07) is -0.202. The highest BCUT2D eigenvalue weighted by atomic mass is 16.5.